The second kappa shape index (κ2) is 16.1. The van der Waals surface area contributed by atoms with Crippen molar-refractivity contribution in [1.29, 1.82) is 0 Å². The predicted octanol–water partition coefficient (Wildman–Crippen LogP) is 8.03. The number of rotatable bonds is 14. The van der Waals surface area contributed by atoms with Crippen molar-refractivity contribution in [3.63, 3.8) is 0 Å². The third-order valence-corrected chi connectivity index (χ3v) is 11.7. The molecule has 9 rings (SSSR count). The number of carboxylic acids is 1. The van der Waals surface area contributed by atoms with Crippen LogP contribution in [-0.4, -0.2) is 53.7 Å². The molecule has 1 aromatic heterocycles. The van der Waals surface area contributed by atoms with Gasteiger partial charge in [0.2, 0.25) is 0 Å². The molecule has 4 atom stereocenters. The fourth-order valence-corrected chi connectivity index (χ4v) is 8.84. The SMILES string of the molecule is COc1ccc(C(OC[C@H]2O[C@@H](n3ccc(=O)[nH]c3=O)[C@H](OCc3ccc4ccc5cccc6ccc3c4c56)[C@@H]2CC(=O)O)(c2ccccc2)c2ccc(OC)cc2)cc1. The molecule has 1 aliphatic heterocycles. The zero-order valence-electron chi connectivity index (χ0n) is 32.9. The van der Waals surface area contributed by atoms with E-state index < -0.39 is 47.2 Å². The molecule has 2 N–H and O–H groups in total. The van der Waals surface area contributed by atoms with Gasteiger partial charge >= 0.3 is 11.7 Å². The molecule has 60 heavy (non-hydrogen) atoms. The van der Waals surface area contributed by atoms with Crippen LogP contribution in [0.5, 0.6) is 11.5 Å². The lowest BCUT2D eigenvalue weighted by molar-refractivity contribution is -0.140. The van der Waals surface area contributed by atoms with Crippen molar-refractivity contribution >= 4 is 38.3 Å². The second-order valence-electron chi connectivity index (χ2n) is 15.0. The third-order valence-electron chi connectivity index (χ3n) is 11.7. The largest absolute Gasteiger partial charge is 0.497 e. The summed E-state index contributed by atoms with van der Waals surface area (Å²) in [6, 6.07) is 44.9. The van der Waals surface area contributed by atoms with Crippen LogP contribution in [-0.2, 0) is 31.2 Å². The van der Waals surface area contributed by atoms with E-state index in [4.69, 9.17) is 23.7 Å². The van der Waals surface area contributed by atoms with Gasteiger partial charge in [0.15, 0.2) is 6.23 Å². The summed E-state index contributed by atoms with van der Waals surface area (Å²) in [5.41, 5.74) is 0.739. The number of hydrogen-bond acceptors (Lipinski definition) is 8. The Morgan fingerprint density at radius 3 is 1.93 bits per heavy atom. The minimum atomic E-state index is -1.23. The van der Waals surface area contributed by atoms with Crippen molar-refractivity contribution in [2.75, 3.05) is 20.8 Å². The van der Waals surface area contributed by atoms with Gasteiger partial charge in [0.05, 0.1) is 40.0 Å². The van der Waals surface area contributed by atoms with Crippen molar-refractivity contribution in [3.05, 3.63) is 189 Å². The first-order valence-corrected chi connectivity index (χ1v) is 19.7. The summed E-state index contributed by atoms with van der Waals surface area (Å²) in [6.07, 6.45) is -1.96. The number of nitrogens with zero attached hydrogens (tertiary/aromatic N) is 1. The molecular weight excluding hydrogens is 761 g/mol. The van der Waals surface area contributed by atoms with E-state index in [1.54, 1.807) is 14.2 Å². The molecule has 302 valence electrons. The lowest BCUT2D eigenvalue weighted by Gasteiger charge is -2.37. The van der Waals surface area contributed by atoms with Crippen LogP contribution in [0.4, 0.5) is 0 Å². The Bertz CT molecular complexity index is 2850. The smallest absolute Gasteiger partial charge is 0.330 e. The molecule has 8 aromatic rings. The van der Waals surface area contributed by atoms with Gasteiger partial charge < -0.3 is 28.8 Å². The highest BCUT2D eigenvalue weighted by atomic mass is 16.6. The first-order valence-electron chi connectivity index (χ1n) is 19.7. The van der Waals surface area contributed by atoms with Gasteiger partial charge in [0, 0.05) is 18.2 Å². The lowest BCUT2D eigenvalue weighted by Crippen LogP contribution is -2.39. The molecule has 0 saturated carbocycles. The summed E-state index contributed by atoms with van der Waals surface area (Å²) in [5, 5.41) is 17.0. The number of carbonyl (C=O) groups is 1. The Balaban J connectivity index is 1.13. The second-order valence-corrected chi connectivity index (χ2v) is 15.0. The zero-order valence-corrected chi connectivity index (χ0v) is 32.9. The number of benzene rings is 7. The highest BCUT2D eigenvalue weighted by Gasteiger charge is 2.49. The summed E-state index contributed by atoms with van der Waals surface area (Å²) in [7, 11) is 3.21. The number of carboxylic acid groups (broad SMARTS) is 1. The van der Waals surface area contributed by atoms with E-state index in [0.29, 0.717) is 11.5 Å². The molecule has 0 aliphatic carbocycles. The van der Waals surface area contributed by atoms with Crippen LogP contribution in [0.1, 0.15) is 34.9 Å². The van der Waals surface area contributed by atoms with E-state index in [1.165, 1.54) is 16.8 Å². The van der Waals surface area contributed by atoms with Gasteiger partial charge in [0.1, 0.15) is 23.2 Å². The van der Waals surface area contributed by atoms with E-state index >= 15 is 0 Å². The minimum absolute atomic E-state index is 0.0894. The molecule has 0 radical (unpaired) electrons. The monoisotopic (exact) mass is 802 g/mol. The molecule has 1 aliphatic rings. The number of H-pyrrole nitrogens is 1. The van der Waals surface area contributed by atoms with Gasteiger partial charge in [-0.25, -0.2) is 4.79 Å². The van der Waals surface area contributed by atoms with Crippen LogP contribution in [0.15, 0.2) is 155 Å². The van der Waals surface area contributed by atoms with Crippen LogP contribution < -0.4 is 20.7 Å². The maximum atomic E-state index is 13.4. The van der Waals surface area contributed by atoms with Crippen molar-refractivity contribution in [3.8, 4) is 11.5 Å². The zero-order chi connectivity index (χ0) is 41.4. The Morgan fingerprint density at radius 1 is 0.717 bits per heavy atom. The molecule has 0 amide bonds. The number of hydrogen-bond donors (Lipinski definition) is 2. The van der Waals surface area contributed by atoms with E-state index in [2.05, 4.69) is 47.4 Å². The maximum absolute atomic E-state index is 13.4. The number of methoxy groups -OCH3 is 2. The molecule has 1 saturated heterocycles. The third kappa shape index (κ3) is 6.96. The summed E-state index contributed by atoms with van der Waals surface area (Å²) in [6.45, 7) is -0.0236. The first kappa shape index (κ1) is 38.7. The van der Waals surface area contributed by atoms with Gasteiger partial charge in [0.25, 0.3) is 5.56 Å². The van der Waals surface area contributed by atoms with Crippen molar-refractivity contribution in [2.45, 2.75) is 37.1 Å². The Labute approximate surface area is 344 Å². The highest BCUT2D eigenvalue weighted by Crippen LogP contribution is 2.45. The van der Waals surface area contributed by atoms with Crippen LogP contribution >= 0.6 is 0 Å². The topological polar surface area (TPSA) is 138 Å². The number of aromatic amines is 1. The molecule has 1 fully saturated rings. The number of aliphatic carboxylic acids is 1. The van der Waals surface area contributed by atoms with Gasteiger partial charge in [-0.2, -0.15) is 0 Å². The minimum Gasteiger partial charge on any atom is -0.497 e. The summed E-state index contributed by atoms with van der Waals surface area (Å²) in [5.74, 6) is -0.546. The van der Waals surface area contributed by atoms with Gasteiger partial charge in [-0.3, -0.25) is 19.1 Å². The summed E-state index contributed by atoms with van der Waals surface area (Å²) >= 11 is 0. The van der Waals surface area contributed by atoms with E-state index in [0.717, 1.165) is 54.6 Å². The quantitative estimate of drug-likeness (QED) is 0.0827. The van der Waals surface area contributed by atoms with E-state index in [-0.39, 0.29) is 19.6 Å². The number of ether oxygens (including phenoxy) is 5. The standard InChI is InChI=1S/C49H42N2O9/c1-56-37-20-16-35(17-21-37)49(34-9-4-3-5-10-34,36-18-22-38(57-2)23-19-36)59-29-41-40(27-43(53)54)46(47(60-41)51-26-25-42(52)50-48(51)55)58-28-33-14-13-32-12-11-30-7-6-8-31-15-24-39(33)45(32)44(30)31/h3-26,40-41,46-47H,27-29H2,1-2H3,(H,53,54)(H,50,52,55)/t40-,41-,46-,47-/m1/s1. The summed E-state index contributed by atoms with van der Waals surface area (Å²) < 4.78 is 33.0. The van der Waals surface area contributed by atoms with Crippen LogP contribution in [0, 0.1) is 5.92 Å². The first-order chi connectivity index (χ1) is 29.3. The van der Waals surface area contributed by atoms with Gasteiger partial charge in [-0.05, 0) is 78.8 Å². The summed E-state index contributed by atoms with van der Waals surface area (Å²) in [4.78, 5) is 40.7. The molecule has 11 heteroatoms. The molecular formula is C49H42N2O9. The molecule has 0 spiro atoms. The molecule has 2 heterocycles. The number of nitrogens with one attached hydrogen (secondary N) is 1. The Morgan fingerprint density at radius 2 is 1.32 bits per heavy atom. The van der Waals surface area contributed by atoms with Crippen molar-refractivity contribution in [1.82, 2.24) is 9.55 Å². The van der Waals surface area contributed by atoms with Gasteiger partial charge in [-0.1, -0.05) is 109 Å². The highest BCUT2D eigenvalue weighted by molar-refractivity contribution is 6.23. The fraction of sp³-hybridized carbons (Fsp3) is 0.204. The normalized spacial score (nSPS) is 18.0. The Kier molecular flexibility index (Phi) is 10.4. The van der Waals surface area contributed by atoms with Crippen molar-refractivity contribution < 1.29 is 33.6 Å². The maximum Gasteiger partial charge on any atom is 0.330 e. The van der Waals surface area contributed by atoms with Crippen LogP contribution in [0.25, 0.3) is 32.3 Å². The lowest BCUT2D eigenvalue weighted by atomic mass is 9.80. The van der Waals surface area contributed by atoms with Gasteiger partial charge in [-0.15, -0.1) is 0 Å². The van der Waals surface area contributed by atoms with Crippen LogP contribution in [0.2, 0.25) is 0 Å². The van der Waals surface area contributed by atoms with Crippen molar-refractivity contribution in [2.24, 2.45) is 5.92 Å². The average molecular weight is 803 g/mol. The van der Waals surface area contributed by atoms with E-state index in [9.17, 15) is 19.5 Å². The average Bonchev–Trinajstić information content (AvgIpc) is 3.61. The molecule has 0 unspecified atom stereocenters. The number of aromatic nitrogens is 2. The molecule has 11 nitrogen and oxygen atoms in total. The predicted molar refractivity (Wildman–Crippen MR) is 228 cm³/mol. The molecule has 7 aromatic carbocycles. The Hall–Kier alpha value is -6.79. The van der Waals surface area contributed by atoms with Crippen LogP contribution in [0.3, 0.4) is 0 Å². The van der Waals surface area contributed by atoms with E-state index in [1.807, 2.05) is 91.0 Å². The fourth-order valence-electron chi connectivity index (χ4n) is 8.84. The molecule has 0 bridgehead atoms.